The zero-order valence-electron chi connectivity index (χ0n) is 17.8. The minimum absolute atomic E-state index is 0.0246. The van der Waals surface area contributed by atoms with E-state index in [0.29, 0.717) is 40.8 Å². The van der Waals surface area contributed by atoms with Gasteiger partial charge in [-0.05, 0) is 19.9 Å². The maximum Gasteiger partial charge on any atom is 0.336 e. The molecule has 1 aromatic heterocycles. The molecule has 1 aliphatic heterocycles. The molecular weight excluding hydrogens is 458 g/mol. The highest BCUT2D eigenvalue weighted by Crippen LogP contribution is 2.46. The summed E-state index contributed by atoms with van der Waals surface area (Å²) in [7, 11) is 1.19. The lowest BCUT2D eigenvalue weighted by molar-refractivity contribution is -0.380. The van der Waals surface area contributed by atoms with E-state index in [2.05, 4.69) is 10.6 Å². The van der Waals surface area contributed by atoms with Crippen molar-refractivity contribution in [1.82, 2.24) is 10.6 Å². The van der Waals surface area contributed by atoms with Crippen molar-refractivity contribution >= 4 is 46.4 Å². The number of methoxy groups -OCH3 is 1. The normalized spacial score (nSPS) is 15.5. The SMILES string of the molecule is CCOC1=C(CSCCNC=O)NC(C=C=O)=C(C(=O)OC)C1c1cc(C)sc1[N+](=O)[O-]. The molecule has 0 spiro atoms. The molecule has 1 aliphatic rings. The third kappa shape index (κ3) is 5.78. The third-order valence-electron chi connectivity index (χ3n) is 4.39. The lowest BCUT2D eigenvalue weighted by Crippen LogP contribution is -2.32. The van der Waals surface area contributed by atoms with Gasteiger partial charge in [0.05, 0.1) is 47.1 Å². The second-order valence-electron chi connectivity index (χ2n) is 6.41. The lowest BCUT2D eigenvalue weighted by Gasteiger charge is -2.31. The van der Waals surface area contributed by atoms with Crippen LogP contribution in [0.1, 0.15) is 23.3 Å². The molecule has 12 heteroatoms. The van der Waals surface area contributed by atoms with E-state index in [1.54, 1.807) is 25.9 Å². The molecule has 0 fully saturated rings. The van der Waals surface area contributed by atoms with E-state index >= 15 is 0 Å². The first kappa shape index (κ1) is 25.2. The molecule has 0 radical (unpaired) electrons. The van der Waals surface area contributed by atoms with Crippen LogP contribution in [0.25, 0.3) is 0 Å². The van der Waals surface area contributed by atoms with E-state index in [-0.39, 0.29) is 28.4 Å². The van der Waals surface area contributed by atoms with Gasteiger partial charge >= 0.3 is 11.0 Å². The summed E-state index contributed by atoms with van der Waals surface area (Å²) in [6, 6.07) is 1.64. The maximum atomic E-state index is 12.8. The van der Waals surface area contributed by atoms with Gasteiger partial charge in [0.25, 0.3) is 0 Å². The number of thiophene rings is 1. The lowest BCUT2D eigenvalue weighted by atomic mass is 9.85. The van der Waals surface area contributed by atoms with Crippen LogP contribution in [-0.4, -0.2) is 55.0 Å². The summed E-state index contributed by atoms with van der Waals surface area (Å²) in [5.74, 6) is 1.28. The number of thioether (sulfide) groups is 1. The zero-order valence-corrected chi connectivity index (χ0v) is 19.4. The van der Waals surface area contributed by atoms with Gasteiger partial charge in [-0.2, -0.15) is 11.8 Å². The number of rotatable bonds is 12. The number of nitro groups is 1. The average Bonchev–Trinajstić information content (AvgIpc) is 3.16. The molecule has 1 amide bonds. The average molecular weight is 482 g/mol. The molecule has 1 atom stereocenters. The van der Waals surface area contributed by atoms with E-state index in [1.165, 1.54) is 18.9 Å². The van der Waals surface area contributed by atoms with Crippen molar-refractivity contribution < 1.29 is 28.8 Å². The van der Waals surface area contributed by atoms with Crippen molar-refractivity contribution in [3.63, 3.8) is 0 Å². The van der Waals surface area contributed by atoms with Crippen LogP contribution in [0.4, 0.5) is 5.00 Å². The molecule has 0 aromatic carbocycles. The molecule has 172 valence electrons. The standard InChI is InChI=1S/C20H23N3O7S2/c1-4-30-18-15(10-31-8-6-21-11-25)22-14(5-7-24)17(20(26)29-3)16(18)13-9-12(2)32-19(13)23(27)28/h5,9,11,16,22H,4,6,8,10H2,1-3H3,(H,21,25). The molecule has 2 N–H and O–H groups in total. The smallest absolute Gasteiger partial charge is 0.336 e. The van der Waals surface area contributed by atoms with Gasteiger partial charge in [-0.25, -0.2) is 9.59 Å². The summed E-state index contributed by atoms with van der Waals surface area (Å²) < 4.78 is 10.8. The molecule has 2 heterocycles. The molecule has 32 heavy (non-hydrogen) atoms. The minimum Gasteiger partial charge on any atom is -0.495 e. The van der Waals surface area contributed by atoms with Gasteiger partial charge in [-0.1, -0.05) is 11.3 Å². The second-order valence-corrected chi connectivity index (χ2v) is 8.75. The van der Waals surface area contributed by atoms with Gasteiger partial charge in [0.15, 0.2) is 0 Å². The molecule has 0 saturated heterocycles. The van der Waals surface area contributed by atoms with Gasteiger partial charge in [0, 0.05) is 29.0 Å². The van der Waals surface area contributed by atoms with E-state index < -0.39 is 16.8 Å². The summed E-state index contributed by atoms with van der Waals surface area (Å²) in [6.45, 7) is 4.20. The van der Waals surface area contributed by atoms with Crippen molar-refractivity contribution in [2.75, 3.05) is 31.8 Å². The topological polar surface area (TPSA) is 137 Å². The van der Waals surface area contributed by atoms with Crippen molar-refractivity contribution in [3.8, 4) is 0 Å². The number of aryl methyl sites for hydroxylation is 1. The van der Waals surface area contributed by atoms with Gasteiger partial charge in [-0.3, -0.25) is 14.9 Å². The first-order valence-electron chi connectivity index (χ1n) is 9.55. The fraction of sp³-hybridized carbons (Fsp3) is 0.400. The van der Waals surface area contributed by atoms with Crippen molar-refractivity contribution in [2.24, 2.45) is 0 Å². The highest BCUT2D eigenvalue weighted by atomic mass is 32.2. The number of carbonyl (C=O) groups is 2. The fourth-order valence-electron chi connectivity index (χ4n) is 3.23. The largest absolute Gasteiger partial charge is 0.495 e. The van der Waals surface area contributed by atoms with Gasteiger partial charge in [-0.15, -0.1) is 0 Å². The zero-order chi connectivity index (χ0) is 23.7. The Kier molecular flexibility index (Phi) is 9.51. The molecule has 0 saturated carbocycles. The third-order valence-corrected chi connectivity index (χ3v) is 6.40. The van der Waals surface area contributed by atoms with Crippen LogP contribution in [-0.2, 0) is 23.9 Å². The van der Waals surface area contributed by atoms with Crippen molar-refractivity contribution in [3.05, 3.63) is 55.4 Å². The number of carbonyl (C=O) groups excluding carboxylic acids is 3. The van der Waals surface area contributed by atoms with Crippen LogP contribution >= 0.6 is 23.1 Å². The Hall–Kier alpha value is -3.08. The summed E-state index contributed by atoms with van der Waals surface area (Å²) in [4.78, 5) is 46.3. The van der Waals surface area contributed by atoms with Crippen LogP contribution in [0.3, 0.4) is 0 Å². The van der Waals surface area contributed by atoms with Crippen LogP contribution < -0.4 is 10.6 Å². The van der Waals surface area contributed by atoms with Crippen molar-refractivity contribution in [2.45, 2.75) is 19.8 Å². The second kappa shape index (κ2) is 12.1. The molecule has 0 aliphatic carbocycles. The summed E-state index contributed by atoms with van der Waals surface area (Å²) in [5, 5.41) is 17.2. The van der Waals surface area contributed by atoms with Gasteiger partial charge in [0.2, 0.25) is 6.41 Å². The van der Waals surface area contributed by atoms with Gasteiger partial charge in [0.1, 0.15) is 11.7 Å². The monoisotopic (exact) mass is 481 g/mol. The molecule has 0 bridgehead atoms. The summed E-state index contributed by atoms with van der Waals surface area (Å²) >= 11 is 2.47. The van der Waals surface area contributed by atoms with Gasteiger partial charge < -0.3 is 20.1 Å². The van der Waals surface area contributed by atoms with E-state index in [9.17, 15) is 24.5 Å². The van der Waals surface area contributed by atoms with E-state index in [1.807, 2.05) is 0 Å². The van der Waals surface area contributed by atoms with E-state index in [4.69, 9.17) is 9.47 Å². The molecule has 1 unspecified atom stereocenters. The Bertz CT molecular complexity index is 993. The maximum absolute atomic E-state index is 12.8. The predicted molar refractivity (Wildman–Crippen MR) is 121 cm³/mol. The van der Waals surface area contributed by atoms with E-state index in [0.717, 1.165) is 17.4 Å². The summed E-state index contributed by atoms with van der Waals surface area (Å²) in [6.07, 6.45) is 1.67. The molecule has 10 nitrogen and oxygen atoms in total. The Morgan fingerprint density at radius 1 is 1.50 bits per heavy atom. The first-order valence-corrected chi connectivity index (χ1v) is 11.5. The fourth-order valence-corrected chi connectivity index (χ4v) is 4.91. The molecular formula is C20H23N3O7S2. The Balaban J connectivity index is 2.68. The number of nitrogens with one attached hydrogen (secondary N) is 2. The van der Waals surface area contributed by atoms with Crippen LogP contribution in [0.5, 0.6) is 0 Å². The number of ether oxygens (including phenoxy) is 2. The molecule has 1 aromatic rings. The first-order chi connectivity index (χ1) is 15.4. The summed E-state index contributed by atoms with van der Waals surface area (Å²) in [5.41, 5.74) is 1.00. The number of hydrogen-bond acceptors (Lipinski definition) is 10. The predicted octanol–water partition coefficient (Wildman–Crippen LogP) is 2.19. The van der Waals surface area contributed by atoms with Crippen molar-refractivity contribution in [1.29, 1.82) is 0 Å². The van der Waals surface area contributed by atoms with Crippen LogP contribution in [0, 0.1) is 17.0 Å². The molecule has 2 rings (SSSR count). The number of dihydropyridines is 1. The minimum atomic E-state index is -0.947. The number of nitrogens with zero attached hydrogens (tertiary/aromatic N) is 1. The quantitative estimate of drug-likeness (QED) is 0.115. The highest BCUT2D eigenvalue weighted by molar-refractivity contribution is 7.99. The van der Waals surface area contributed by atoms with Crippen LogP contribution in [0.2, 0.25) is 0 Å². The number of esters is 1. The Morgan fingerprint density at radius 2 is 2.25 bits per heavy atom. The Labute approximate surface area is 192 Å². The Morgan fingerprint density at radius 3 is 2.84 bits per heavy atom. The number of amides is 1. The van der Waals surface area contributed by atoms with Crippen LogP contribution in [0.15, 0.2) is 34.9 Å². The number of allylic oxidation sites excluding steroid dienone is 2. The highest BCUT2D eigenvalue weighted by Gasteiger charge is 2.41. The number of hydrogen-bond donors (Lipinski definition) is 2.